The molecule has 0 radical (unpaired) electrons. The van der Waals surface area contributed by atoms with Gasteiger partial charge in [0.25, 0.3) is 5.91 Å². The van der Waals surface area contributed by atoms with E-state index in [0.717, 1.165) is 5.56 Å². The normalized spacial score (nSPS) is 16.5. The first kappa shape index (κ1) is 10.8. The molecule has 3 nitrogen and oxygen atoms in total. The minimum absolute atomic E-state index is 0.155. The SMILES string of the molecule is C=C(Cl)/C(OC)=C1\NC(=O)c2ccccc21. The molecule has 1 aliphatic rings. The van der Waals surface area contributed by atoms with Crippen LogP contribution < -0.4 is 5.32 Å². The lowest BCUT2D eigenvalue weighted by Crippen LogP contribution is -2.14. The van der Waals surface area contributed by atoms with Gasteiger partial charge in [-0.2, -0.15) is 0 Å². The summed E-state index contributed by atoms with van der Waals surface area (Å²) in [5.41, 5.74) is 1.97. The Balaban J connectivity index is 2.64. The largest absolute Gasteiger partial charge is 0.493 e. The molecule has 4 heteroatoms. The number of halogens is 1. The molecule has 1 amide bonds. The van der Waals surface area contributed by atoms with E-state index in [1.54, 1.807) is 6.07 Å². The van der Waals surface area contributed by atoms with E-state index in [1.807, 2.05) is 18.2 Å². The molecule has 0 aliphatic carbocycles. The third kappa shape index (κ3) is 1.59. The predicted octanol–water partition coefficient (Wildman–Crippen LogP) is 2.50. The number of carbonyl (C=O) groups excluding carboxylic acids is 1. The molecule has 0 unspecified atom stereocenters. The van der Waals surface area contributed by atoms with E-state index in [1.165, 1.54) is 7.11 Å². The summed E-state index contributed by atoms with van der Waals surface area (Å²) in [5, 5.41) is 2.98. The van der Waals surface area contributed by atoms with Crippen LogP contribution in [-0.2, 0) is 4.74 Å². The number of ether oxygens (including phenoxy) is 1. The molecule has 0 saturated heterocycles. The Morgan fingerprint density at radius 2 is 2.00 bits per heavy atom. The van der Waals surface area contributed by atoms with Crippen molar-refractivity contribution in [1.29, 1.82) is 0 Å². The van der Waals surface area contributed by atoms with Crippen molar-refractivity contribution in [3.8, 4) is 0 Å². The number of allylic oxidation sites excluding steroid dienone is 1. The number of amides is 1. The van der Waals surface area contributed by atoms with Crippen molar-refractivity contribution < 1.29 is 9.53 Å². The van der Waals surface area contributed by atoms with Gasteiger partial charge in [-0.1, -0.05) is 36.4 Å². The number of benzene rings is 1. The number of methoxy groups -OCH3 is 1. The Bertz CT molecular complexity index is 505. The number of rotatable bonds is 2. The topological polar surface area (TPSA) is 38.3 Å². The van der Waals surface area contributed by atoms with Gasteiger partial charge in [-0.05, 0) is 6.07 Å². The Hall–Kier alpha value is -1.74. The van der Waals surface area contributed by atoms with Gasteiger partial charge in [0.05, 0.1) is 17.8 Å². The average Bonchev–Trinajstić information content (AvgIpc) is 2.58. The van der Waals surface area contributed by atoms with Crippen LogP contribution in [0.2, 0.25) is 0 Å². The second-order valence-electron chi connectivity index (χ2n) is 3.31. The minimum Gasteiger partial charge on any atom is -0.493 e. The van der Waals surface area contributed by atoms with Gasteiger partial charge in [-0.25, -0.2) is 0 Å². The van der Waals surface area contributed by atoms with Gasteiger partial charge in [0, 0.05) is 11.1 Å². The van der Waals surface area contributed by atoms with Crippen LogP contribution in [0.15, 0.2) is 41.6 Å². The molecular weight excluding hydrogens is 226 g/mol. The van der Waals surface area contributed by atoms with Gasteiger partial charge in [-0.15, -0.1) is 0 Å². The van der Waals surface area contributed by atoms with Crippen LogP contribution in [0, 0.1) is 0 Å². The maximum Gasteiger partial charge on any atom is 0.256 e. The maximum absolute atomic E-state index is 11.6. The van der Waals surface area contributed by atoms with Crippen LogP contribution in [0.1, 0.15) is 15.9 Å². The van der Waals surface area contributed by atoms with Crippen molar-refractivity contribution in [2.24, 2.45) is 0 Å². The highest BCUT2D eigenvalue weighted by molar-refractivity contribution is 6.32. The molecule has 0 atom stereocenters. The summed E-state index contributed by atoms with van der Waals surface area (Å²) in [6.45, 7) is 3.60. The molecule has 0 saturated carbocycles. The summed E-state index contributed by atoms with van der Waals surface area (Å²) in [6, 6.07) is 7.25. The zero-order valence-electron chi connectivity index (χ0n) is 8.71. The third-order valence-electron chi connectivity index (χ3n) is 2.36. The summed E-state index contributed by atoms with van der Waals surface area (Å²) in [5.74, 6) is 0.234. The second-order valence-corrected chi connectivity index (χ2v) is 3.77. The lowest BCUT2D eigenvalue weighted by atomic mass is 10.1. The molecule has 0 spiro atoms. The van der Waals surface area contributed by atoms with Gasteiger partial charge in [0.15, 0.2) is 5.76 Å². The van der Waals surface area contributed by atoms with Crippen molar-refractivity contribution in [2.45, 2.75) is 0 Å². The van der Waals surface area contributed by atoms with E-state index in [9.17, 15) is 4.79 Å². The Kier molecular flexibility index (Phi) is 2.71. The lowest BCUT2D eigenvalue weighted by Gasteiger charge is -2.08. The molecular formula is C12H10ClNO2. The smallest absolute Gasteiger partial charge is 0.256 e. The van der Waals surface area contributed by atoms with E-state index in [-0.39, 0.29) is 10.9 Å². The van der Waals surface area contributed by atoms with Crippen molar-refractivity contribution in [2.75, 3.05) is 7.11 Å². The molecule has 2 rings (SSSR count). The van der Waals surface area contributed by atoms with E-state index in [2.05, 4.69) is 11.9 Å². The molecule has 0 fully saturated rings. The van der Waals surface area contributed by atoms with Crippen LogP contribution in [0.25, 0.3) is 5.70 Å². The lowest BCUT2D eigenvalue weighted by molar-refractivity contribution is 0.0980. The van der Waals surface area contributed by atoms with E-state index >= 15 is 0 Å². The second kappa shape index (κ2) is 4.02. The van der Waals surface area contributed by atoms with Gasteiger partial charge in [0.1, 0.15) is 0 Å². The van der Waals surface area contributed by atoms with Crippen molar-refractivity contribution in [3.63, 3.8) is 0 Å². The number of hydrogen-bond acceptors (Lipinski definition) is 2. The first-order chi connectivity index (χ1) is 7.65. The fourth-order valence-corrected chi connectivity index (χ4v) is 1.85. The first-order valence-corrected chi connectivity index (χ1v) is 5.06. The van der Waals surface area contributed by atoms with Gasteiger partial charge >= 0.3 is 0 Å². The molecule has 0 aromatic heterocycles. The summed E-state index contributed by atoms with van der Waals surface area (Å²) < 4.78 is 5.13. The Morgan fingerprint density at radius 3 is 2.56 bits per heavy atom. The number of carbonyl (C=O) groups is 1. The number of nitrogens with one attached hydrogen (secondary N) is 1. The summed E-state index contributed by atoms with van der Waals surface area (Å²) in [7, 11) is 1.49. The first-order valence-electron chi connectivity index (χ1n) is 4.69. The quantitative estimate of drug-likeness (QED) is 0.800. The standard InChI is InChI=1S/C12H10ClNO2/c1-7(13)11(16-2)10-8-5-3-4-6-9(8)12(15)14-10/h3-6H,1H2,2H3,(H,14,15)/b11-10+. The van der Waals surface area contributed by atoms with Crippen molar-refractivity contribution in [3.05, 3.63) is 52.8 Å². The minimum atomic E-state index is -0.155. The molecule has 1 aliphatic heterocycles. The maximum atomic E-state index is 11.6. The Morgan fingerprint density at radius 1 is 1.38 bits per heavy atom. The van der Waals surface area contributed by atoms with Crippen molar-refractivity contribution in [1.82, 2.24) is 5.32 Å². The van der Waals surface area contributed by atoms with Crippen molar-refractivity contribution >= 4 is 23.2 Å². The predicted molar refractivity (Wildman–Crippen MR) is 62.8 cm³/mol. The molecule has 82 valence electrons. The molecule has 1 aromatic carbocycles. The van der Waals surface area contributed by atoms with E-state index < -0.39 is 0 Å². The van der Waals surface area contributed by atoms with Crippen LogP contribution in [0.5, 0.6) is 0 Å². The number of fused-ring (bicyclic) bond motifs is 1. The highest BCUT2D eigenvalue weighted by Crippen LogP contribution is 2.30. The molecule has 16 heavy (non-hydrogen) atoms. The van der Waals surface area contributed by atoms with Gasteiger partial charge in [-0.3, -0.25) is 4.79 Å². The fourth-order valence-electron chi connectivity index (χ4n) is 1.67. The van der Waals surface area contributed by atoms with Crippen LogP contribution in [-0.4, -0.2) is 13.0 Å². The third-order valence-corrected chi connectivity index (χ3v) is 2.53. The van der Waals surface area contributed by atoms with Crippen LogP contribution >= 0.6 is 11.6 Å². The summed E-state index contributed by atoms with van der Waals surface area (Å²) >= 11 is 5.81. The van der Waals surface area contributed by atoms with Crippen LogP contribution in [0.4, 0.5) is 0 Å². The molecule has 1 aromatic rings. The Labute approximate surface area is 98.4 Å². The highest BCUT2D eigenvalue weighted by Gasteiger charge is 2.26. The highest BCUT2D eigenvalue weighted by atomic mass is 35.5. The van der Waals surface area contributed by atoms with Crippen LogP contribution in [0.3, 0.4) is 0 Å². The monoisotopic (exact) mass is 235 g/mol. The summed E-state index contributed by atoms with van der Waals surface area (Å²) in [4.78, 5) is 11.6. The zero-order chi connectivity index (χ0) is 11.7. The molecule has 1 N–H and O–H groups in total. The van der Waals surface area contributed by atoms with E-state index in [4.69, 9.17) is 16.3 Å². The average molecular weight is 236 g/mol. The fraction of sp³-hybridized carbons (Fsp3) is 0.0833. The molecule has 1 heterocycles. The van der Waals surface area contributed by atoms with E-state index in [0.29, 0.717) is 17.0 Å². The van der Waals surface area contributed by atoms with Gasteiger partial charge < -0.3 is 10.1 Å². The van der Waals surface area contributed by atoms with Gasteiger partial charge in [0.2, 0.25) is 0 Å². The summed E-state index contributed by atoms with van der Waals surface area (Å²) in [6.07, 6.45) is 0. The zero-order valence-corrected chi connectivity index (χ0v) is 9.47. The number of hydrogen-bond donors (Lipinski definition) is 1. The molecule has 0 bridgehead atoms.